The van der Waals surface area contributed by atoms with Crippen LogP contribution in [0, 0.1) is 5.82 Å². The third kappa shape index (κ3) is 3.43. The Hall–Kier alpha value is -1.14. The van der Waals surface area contributed by atoms with E-state index in [2.05, 4.69) is 20.8 Å². The molecule has 2 rings (SSSR count). The second-order valence-corrected chi connectivity index (χ2v) is 4.90. The summed E-state index contributed by atoms with van der Waals surface area (Å²) in [6.45, 7) is 1.41. The lowest BCUT2D eigenvalue weighted by Gasteiger charge is -2.13. The molecule has 1 aromatic rings. The first-order valence-corrected chi connectivity index (χ1v) is 6.48. The molecule has 4 nitrogen and oxygen atoms in total. The van der Waals surface area contributed by atoms with Gasteiger partial charge in [0.05, 0.1) is 0 Å². The van der Waals surface area contributed by atoms with Gasteiger partial charge in [0.2, 0.25) is 0 Å². The molecule has 1 aromatic carbocycles. The van der Waals surface area contributed by atoms with Crippen molar-refractivity contribution in [1.82, 2.24) is 4.90 Å². The number of amides is 1. The van der Waals surface area contributed by atoms with Gasteiger partial charge in [-0.15, -0.1) is 0 Å². The summed E-state index contributed by atoms with van der Waals surface area (Å²) < 4.78 is 13.7. The summed E-state index contributed by atoms with van der Waals surface area (Å²) in [7, 11) is 0. The maximum Gasteiger partial charge on any atom is 0.441 e. The topological polar surface area (TPSA) is 38.8 Å². The van der Waals surface area contributed by atoms with Gasteiger partial charge in [0.1, 0.15) is 12.4 Å². The Bertz CT molecular complexity index is 435. The van der Waals surface area contributed by atoms with Crippen LogP contribution < -0.4 is 0 Å². The Labute approximate surface area is 113 Å². The van der Waals surface area contributed by atoms with E-state index < -0.39 is 6.09 Å². The molecule has 0 bridgehead atoms. The molecule has 0 aliphatic carbocycles. The highest BCUT2D eigenvalue weighted by Crippen LogP contribution is 2.19. The highest BCUT2D eigenvalue weighted by Gasteiger charge is 2.20. The SMILES string of the molecule is O=C(OOCc1cc(F)ccc1Br)N1CCCC1. The fourth-order valence-electron chi connectivity index (χ4n) is 1.75. The highest BCUT2D eigenvalue weighted by molar-refractivity contribution is 9.10. The molecule has 0 aromatic heterocycles. The summed E-state index contributed by atoms with van der Waals surface area (Å²) in [6.07, 6.45) is 1.50. The standard InChI is InChI=1S/C12H13BrFNO3/c13-11-4-3-10(14)7-9(11)8-17-18-12(16)15-5-1-2-6-15/h3-4,7H,1-2,5-6,8H2. The van der Waals surface area contributed by atoms with E-state index in [0.29, 0.717) is 23.1 Å². The molecule has 0 saturated carbocycles. The molecule has 1 aliphatic rings. The monoisotopic (exact) mass is 317 g/mol. The Morgan fingerprint density at radius 3 is 2.83 bits per heavy atom. The Morgan fingerprint density at radius 2 is 2.11 bits per heavy atom. The van der Waals surface area contributed by atoms with Gasteiger partial charge in [-0.1, -0.05) is 15.9 Å². The highest BCUT2D eigenvalue weighted by atomic mass is 79.9. The normalized spacial score (nSPS) is 14.9. The third-order valence-corrected chi connectivity index (χ3v) is 3.49. The number of hydrogen-bond donors (Lipinski definition) is 0. The minimum atomic E-state index is -0.486. The van der Waals surface area contributed by atoms with Crippen molar-refractivity contribution in [2.75, 3.05) is 13.1 Å². The molecule has 1 fully saturated rings. The zero-order chi connectivity index (χ0) is 13.0. The predicted octanol–water partition coefficient (Wildman–Crippen LogP) is 3.25. The van der Waals surface area contributed by atoms with Crippen molar-refractivity contribution in [2.24, 2.45) is 0 Å². The van der Waals surface area contributed by atoms with Gasteiger partial charge in [0.15, 0.2) is 0 Å². The van der Waals surface area contributed by atoms with E-state index in [-0.39, 0.29) is 12.4 Å². The molecule has 1 amide bonds. The fraction of sp³-hybridized carbons (Fsp3) is 0.417. The lowest BCUT2D eigenvalue weighted by Crippen LogP contribution is -2.28. The molecule has 1 heterocycles. The van der Waals surface area contributed by atoms with Gasteiger partial charge in [-0.3, -0.25) is 4.89 Å². The van der Waals surface area contributed by atoms with Gasteiger partial charge in [0.25, 0.3) is 0 Å². The van der Waals surface area contributed by atoms with E-state index in [4.69, 9.17) is 4.89 Å². The van der Waals surface area contributed by atoms with Crippen LogP contribution >= 0.6 is 15.9 Å². The molecular weight excluding hydrogens is 305 g/mol. The van der Waals surface area contributed by atoms with Crippen LogP contribution in [0.2, 0.25) is 0 Å². The Morgan fingerprint density at radius 1 is 1.39 bits per heavy atom. The first-order chi connectivity index (χ1) is 8.66. The number of likely N-dealkylation sites (tertiary alicyclic amines) is 1. The lowest BCUT2D eigenvalue weighted by molar-refractivity contribution is -0.255. The van der Waals surface area contributed by atoms with Gasteiger partial charge < -0.3 is 4.90 Å². The zero-order valence-electron chi connectivity index (χ0n) is 9.70. The number of nitrogens with zero attached hydrogens (tertiary/aromatic N) is 1. The van der Waals surface area contributed by atoms with Crippen LogP contribution in [-0.4, -0.2) is 24.1 Å². The average molecular weight is 318 g/mol. The van der Waals surface area contributed by atoms with Crippen LogP contribution in [0.5, 0.6) is 0 Å². The summed E-state index contributed by atoms with van der Waals surface area (Å²) in [5.41, 5.74) is 0.587. The van der Waals surface area contributed by atoms with Crippen molar-refractivity contribution in [1.29, 1.82) is 0 Å². The van der Waals surface area contributed by atoms with Crippen LogP contribution in [0.25, 0.3) is 0 Å². The summed E-state index contributed by atoms with van der Waals surface area (Å²) in [5.74, 6) is -0.359. The van der Waals surface area contributed by atoms with E-state index in [1.807, 2.05) is 0 Å². The lowest BCUT2D eigenvalue weighted by atomic mass is 10.2. The van der Waals surface area contributed by atoms with Crippen LogP contribution in [0.1, 0.15) is 18.4 Å². The Balaban J connectivity index is 1.81. The molecule has 18 heavy (non-hydrogen) atoms. The third-order valence-electron chi connectivity index (χ3n) is 2.72. The van der Waals surface area contributed by atoms with Gasteiger partial charge in [-0.05, 0) is 36.6 Å². The molecule has 0 unspecified atom stereocenters. The molecule has 6 heteroatoms. The van der Waals surface area contributed by atoms with Gasteiger partial charge in [0, 0.05) is 17.6 Å². The number of carbonyl (C=O) groups is 1. The number of halogens is 2. The smallest absolute Gasteiger partial charge is 0.306 e. The summed E-state index contributed by atoms with van der Waals surface area (Å²) in [5, 5.41) is 0. The largest absolute Gasteiger partial charge is 0.441 e. The second kappa shape index (κ2) is 6.15. The van der Waals surface area contributed by atoms with Crippen molar-refractivity contribution >= 4 is 22.0 Å². The van der Waals surface area contributed by atoms with E-state index in [0.717, 1.165) is 12.8 Å². The first-order valence-electron chi connectivity index (χ1n) is 5.69. The number of carbonyl (C=O) groups excluding carboxylic acids is 1. The molecule has 0 spiro atoms. The number of benzene rings is 1. The van der Waals surface area contributed by atoms with E-state index >= 15 is 0 Å². The first kappa shape index (κ1) is 13.3. The molecule has 0 radical (unpaired) electrons. The molecule has 0 N–H and O–H groups in total. The van der Waals surface area contributed by atoms with Crippen LogP contribution in [-0.2, 0) is 16.4 Å². The zero-order valence-corrected chi connectivity index (χ0v) is 11.3. The van der Waals surface area contributed by atoms with Crippen molar-refractivity contribution in [3.63, 3.8) is 0 Å². The van der Waals surface area contributed by atoms with Gasteiger partial charge in [-0.25, -0.2) is 9.18 Å². The Kier molecular flexibility index (Phi) is 4.54. The number of hydrogen-bond acceptors (Lipinski definition) is 3. The quantitative estimate of drug-likeness (QED) is 0.634. The molecule has 1 saturated heterocycles. The predicted molar refractivity (Wildman–Crippen MR) is 66.2 cm³/mol. The molecule has 0 atom stereocenters. The van der Waals surface area contributed by atoms with E-state index in [1.54, 1.807) is 11.0 Å². The van der Waals surface area contributed by atoms with Crippen LogP contribution in [0.15, 0.2) is 22.7 Å². The van der Waals surface area contributed by atoms with Crippen LogP contribution in [0.3, 0.4) is 0 Å². The minimum absolute atomic E-state index is 0.0118. The van der Waals surface area contributed by atoms with Crippen molar-refractivity contribution < 1.29 is 19.0 Å². The second-order valence-electron chi connectivity index (χ2n) is 4.04. The summed E-state index contributed by atoms with van der Waals surface area (Å²) in [4.78, 5) is 22.6. The van der Waals surface area contributed by atoms with Crippen LogP contribution in [0.4, 0.5) is 9.18 Å². The van der Waals surface area contributed by atoms with Gasteiger partial charge in [-0.2, -0.15) is 4.89 Å². The molecular formula is C12H13BrFNO3. The number of rotatable bonds is 3. The minimum Gasteiger partial charge on any atom is -0.306 e. The van der Waals surface area contributed by atoms with Crippen molar-refractivity contribution in [3.8, 4) is 0 Å². The van der Waals surface area contributed by atoms with Gasteiger partial charge >= 0.3 is 6.09 Å². The maximum atomic E-state index is 13.0. The molecule has 1 aliphatic heterocycles. The molecule has 98 valence electrons. The summed E-state index contributed by atoms with van der Waals surface area (Å²) >= 11 is 3.27. The maximum absolute atomic E-state index is 13.0. The average Bonchev–Trinajstić information content (AvgIpc) is 2.87. The van der Waals surface area contributed by atoms with Crippen molar-refractivity contribution in [3.05, 3.63) is 34.1 Å². The fourth-order valence-corrected chi connectivity index (χ4v) is 2.11. The van der Waals surface area contributed by atoms with E-state index in [9.17, 15) is 9.18 Å². The van der Waals surface area contributed by atoms with Crippen molar-refractivity contribution in [2.45, 2.75) is 19.4 Å². The van der Waals surface area contributed by atoms with E-state index in [1.165, 1.54) is 12.1 Å². The summed E-state index contributed by atoms with van der Waals surface area (Å²) in [6, 6.07) is 4.24.